The zero-order valence-corrected chi connectivity index (χ0v) is 12.3. The Morgan fingerprint density at radius 3 is 2.68 bits per heavy atom. The Morgan fingerprint density at radius 2 is 2.00 bits per heavy atom. The Morgan fingerprint density at radius 1 is 1.26 bits per heavy atom. The van der Waals surface area contributed by atoms with E-state index >= 15 is 0 Å². The summed E-state index contributed by atoms with van der Waals surface area (Å²) in [6.07, 6.45) is 6.93. The number of nitrogens with one attached hydrogen (secondary N) is 1. The van der Waals surface area contributed by atoms with E-state index < -0.39 is 5.91 Å². The molecule has 0 aromatic heterocycles. The van der Waals surface area contributed by atoms with Gasteiger partial charge in [-0.2, -0.15) is 11.8 Å². The Hall–Kier alpha value is -1.36. The summed E-state index contributed by atoms with van der Waals surface area (Å²) in [6, 6.07) is 5.11. The Labute approximate surface area is 119 Å². The summed E-state index contributed by atoms with van der Waals surface area (Å²) in [6.45, 7) is 0.836. The molecule has 0 radical (unpaired) electrons. The van der Waals surface area contributed by atoms with Crippen molar-refractivity contribution in [2.24, 2.45) is 5.73 Å². The van der Waals surface area contributed by atoms with Crippen LogP contribution in [0, 0.1) is 0 Å². The predicted molar refractivity (Wildman–Crippen MR) is 84.7 cm³/mol. The molecule has 0 spiro atoms. The lowest BCUT2D eigenvalue weighted by molar-refractivity contribution is 0.100. The minimum Gasteiger partial charge on any atom is -0.399 e. The van der Waals surface area contributed by atoms with Crippen molar-refractivity contribution in [2.45, 2.75) is 25.7 Å². The highest BCUT2D eigenvalue weighted by Gasteiger charge is 2.07. The van der Waals surface area contributed by atoms with Crippen molar-refractivity contribution < 1.29 is 4.79 Å². The lowest BCUT2D eigenvalue weighted by Crippen LogP contribution is -2.15. The highest BCUT2D eigenvalue weighted by atomic mass is 32.2. The molecule has 0 atom stereocenters. The maximum absolute atomic E-state index is 11.3. The lowest BCUT2D eigenvalue weighted by atomic mass is 10.1. The molecule has 0 aliphatic heterocycles. The van der Waals surface area contributed by atoms with Crippen molar-refractivity contribution in [1.82, 2.24) is 0 Å². The van der Waals surface area contributed by atoms with Crippen molar-refractivity contribution in [2.75, 3.05) is 29.6 Å². The van der Waals surface area contributed by atoms with Crippen LogP contribution in [0.15, 0.2) is 18.2 Å². The fourth-order valence-electron chi connectivity index (χ4n) is 1.87. The first-order valence-corrected chi connectivity index (χ1v) is 7.96. The first kappa shape index (κ1) is 15.7. The number of hydrogen-bond donors (Lipinski definition) is 3. The molecule has 5 heteroatoms. The molecule has 0 aliphatic rings. The van der Waals surface area contributed by atoms with Crippen molar-refractivity contribution in [3.8, 4) is 0 Å². The number of benzene rings is 1. The molecule has 106 valence electrons. The maximum Gasteiger partial charge on any atom is 0.250 e. The van der Waals surface area contributed by atoms with Gasteiger partial charge in [0, 0.05) is 17.9 Å². The molecule has 4 nitrogen and oxygen atoms in total. The van der Waals surface area contributed by atoms with Crippen LogP contribution in [0.4, 0.5) is 11.4 Å². The zero-order chi connectivity index (χ0) is 14.1. The quantitative estimate of drug-likeness (QED) is 0.480. The normalized spacial score (nSPS) is 10.4. The molecular formula is C14H23N3OS. The van der Waals surface area contributed by atoms with E-state index in [2.05, 4.69) is 11.6 Å². The summed E-state index contributed by atoms with van der Waals surface area (Å²) in [7, 11) is 0. The van der Waals surface area contributed by atoms with Crippen LogP contribution in [0.3, 0.4) is 0 Å². The zero-order valence-electron chi connectivity index (χ0n) is 11.4. The monoisotopic (exact) mass is 281 g/mol. The van der Waals surface area contributed by atoms with Crippen molar-refractivity contribution in [3.05, 3.63) is 23.8 Å². The number of unbranched alkanes of at least 4 members (excludes halogenated alkanes) is 3. The smallest absolute Gasteiger partial charge is 0.250 e. The second-order valence-corrected chi connectivity index (χ2v) is 5.49. The number of carbonyl (C=O) groups excluding carboxylic acids is 1. The van der Waals surface area contributed by atoms with Crippen molar-refractivity contribution in [1.29, 1.82) is 0 Å². The first-order chi connectivity index (χ1) is 9.15. The largest absolute Gasteiger partial charge is 0.399 e. The molecule has 5 N–H and O–H groups in total. The van der Waals surface area contributed by atoms with E-state index in [1.807, 2.05) is 11.8 Å². The van der Waals surface area contributed by atoms with Crippen LogP contribution < -0.4 is 16.8 Å². The van der Waals surface area contributed by atoms with Gasteiger partial charge in [-0.05, 0) is 43.0 Å². The highest BCUT2D eigenvalue weighted by Crippen LogP contribution is 2.19. The molecule has 0 unspecified atom stereocenters. The number of thioether (sulfide) groups is 1. The number of hydrogen-bond acceptors (Lipinski definition) is 4. The van der Waals surface area contributed by atoms with E-state index in [-0.39, 0.29) is 0 Å². The fourth-order valence-corrected chi connectivity index (χ4v) is 2.36. The summed E-state index contributed by atoms with van der Waals surface area (Å²) in [5.41, 5.74) is 12.9. The van der Waals surface area contributed by atoms with Crippen molar-refractivity contribution in [3.63, 3.8) is 0 Å². The van der Waals surface area contributed by atoms with E-state index in [0.29, 0.717) is 11.3 Å². The van der Waals surface area contributed by atoms with Gasteiger partial charge in [0.05, 0.1) is 5.56 Å². The van der Waals surface area contributed by atoms with Crippen LogP contribution in [-0.4, -0.2) is 24.5 Å². The van der Waals surface area contributed by atoms with E-state index in [9.17, 15) is 4.79 Å². The van der Waals surface area contributed by atoms with Gasteiger partial charge in [0.2, 0.25) is 0 Å². The standard InChI is InChI=1S/C14H23N3OS/c1-19-9-5-3-2-4-8-17-13-10-11(15)6-7-12(13)14(16)18/h6-7,10,17H,2-5,8-9,15H2,1H3,(H2,16,18). The van der Waals surface area contributed by atoms with Gasteiger partial charge in [0.1, 0.15) is 0 Å². The lowest BCUT2D eigenvalue weighted by Gasteiger charge is -2.10. The van der Waals surface area contributed by atoms with Crippen LogP contribution in [0.5, 0.6) is 0 Å². The number of amides is 1. The Balaban J connectivity index is 2.36. The van der Waals surface area contributed by atoms with Crippen LogP contribution in [0.25, 0.3) is 0 Å². The number of nitrogen functional groups attached to an aromatic ring is 1. The molecule has 0 saturated heterocycles. The number of rotatable bonds is 9. The fraction of sp³-hybridized carbons (Fsp3) is 0.500. The maximum atomic E-state index is 11.3. The molecule has 0 aliphatic carbocycles. The third-order valence-corrected chi connectivity index (χ3v) is 3.60. The molecule has 1 rings (SSSR count). The van der Waals surface area contributed by atoms with Gasteiger partial charge in [-0.3, -0.25) is 4.79 Å². The molecule has 1 amide bonds. The van der Waals surface area contributed by atoms with Crippen LogP contribution in [-0.2, 0) is 0 Å². The van der Waals surface area contributed by atoms with E-state index in [4.69, 9.17) is 11.5 Å². The van der Waals surface area contributed by atoms with Gasteiger partial charge in [-0.1, -0.05) is 12.8 Å². The Kier molecular flexibility index (Phi) is 7.18. The summed E-state index contributed by atoms with van der Waals surface area (Å²) in [5.74, 6) is 0.802. The molecule has 19 heavy (non-hydrogen) atoms. The summed E-state index contributed by atoms with van der Waals surface area (Å²) in [5, 5.41) is 3.24. The molecule has 1 aromatic rings. The summed E-state index contributed by atoms with van der Waals surface area (Å²) < 4.78 is 0. The Bertz CT molecular complexity index is 410. The first-order valence-electron chi connectivity index (χ1n) is 6.57. The van der Waals surface area contributed by atoms with Gasteiger partial charge >= 0.3 is 0 Å². The number of nitrogens with two attached hydrogens (primary N) is 2. The van der Waals surface area contributed by atoms with Crippen LogP contribution in [0.2, 0.25) is 0 Å². The molecule has 0 fully saturated rings. The third kappa shape index (κ3) is 5.87. The van der Waals surface area contributed by atoms with Gasteiger partial charge in [0.15, 0.2) is 0 Å². The molecule has 1 aromatic carbocycles. The SMILES string of the molecule is CSCCCCCCNc1cc(N)ccc1C(N)=O. The topological polar surface area (TPSA) is 81.1 Å². The minimum atomic E-state index is -0.428. The molecule has 0 bridgehead atoms. The number of primary amides is 1. The second-order valence-electron chi connectivity index (χ2n) is 4.50. The molecule has 0 saturated carbocycles. The van der Waals surface area contributed by atoms with E-state index in [1.54, 1.807) is 18.2 Å². The van der Waals surface area contributed by atoms with Crippen LogP contribution >= 0.6 is 11.8 Å². The molecular weight excluding hydrogens is 258 g/mol. The van der Waals surface area contributed by atoms with E-state index in [1.165, 1.54) is 25.0 Å². The van der Waals surface area contributed by atoms with E-state index in [0.717, 1.165) is 18.7 Å². The second kappa shape index (κ2) is 8.69. The summed E-state index contributed by atoms with van der Waals surface area (Å²) in [4.78, 5) is 11.3. The van der Waals surface area contributed by atoms with Gasteiger partial charge in [-0.15, -0.1) is 0 Å². The average Bonchev–Trinajstić information content (AvgIpc) is 2.37. The minimum absolute atomic E-state index is 0.428. The predicted octanol–water partition coefficient (Wildman–Crippen LogP) is 2.70. The van der Waals surface area contributed by atoms with Gasteiger partial charge < -0.3 is 16.8 Å². The highest BCUT2D eigenvalue weighted by molar-refractivity contribution is 7.98. The average molecular weight is 281 g/mol. The summed E-state index contributed by atoms with van der Waals surface area (Å²) >= 11 is 1.89. The van der Waals surface area contributed by atoms with Crippen LogP contribution in [0.1, 0.15) is 36.0 Å². The molecule has 0 heterocycles. The van der Waals surface area contributed by atoms with Gasteiger partial charge in [-0.25, -0.2) is 0 Å². The number of carbonyl (C=O) groups is 1. The van der Waals surface area contributed by atoms with Crippen molar-refractivity contribution >= 4 is 29.0 Å². The number of anilines is 2. The van der Waals surface area contributed by atoms with Gasteiger partial charge in [0.25, 0.3) is 5.91 Å². The third-order valence-electron chi connectivity index (χ3n) is 2.90.